The number of hydrogen-bond donors (Lipinski definition) is 5. The summed E-state index contributed by atoms with van der Waals surface area (Å²) in [5, 5.41) is 53.4. The second kappa shape index (κ2) is 8.86. The number of aliphatic hydroxyl groups excluding tert-OH is 4. The summed E-state index contributed by atoms with van der Waals surface area (Å²) in [5.74, 6) is -0.716. The van der Waals surface area contributed by atoms with E-state index in [1.165, 1.54) is 12.1 Å². The van der Waals surface area contributed by atoms with E-state index in [4.69, 9.17) is 9.47 Å². The number of aromatic nitrogens is 2. The average Bonchev–Trinajstić information content (AvgIpc) is 3.00. The third-order valence-corrected chi connectivity index (χ3v) is 5.21. The molecule has 5 N–H and O–H groups in total. The van der Waals surface area contributed by atoms with Gasteiger partial charge >= 0.3 is 0 Å². The van der Waals surface area contributed by atoms with Crippen molar-refractivity contribution in [2.45, 2.75) is 63.9 Å². The fourth-order valence-electron chi connectivity index (χ4n) is 3.47. The van der Waals surface area contributed by atoms with Gasteiger partial charge < -0.3 is 35.0 Å². The van der Waals surface area contributed by atoms with Crippen LogP contribution in [0.2, 0.25) is 0 Å². The zero-order valence-electron chi connectivity index (χ0n) is 16.9. The van der Waals surface area contributed by atoms with Gasteiger partial charge in [0.25, 0.3) is 0 Å². The number of phenolic OH excluding ortho intramolecular Hbond substituents is 1. The van der Waals surface area contributed by atoms with Gasteiger partial charge in [-0.05, 0) is 32.4 Å². The molecule has 3 rings (SSSR count). The van der Waals surface area contributed by atoms with Crippen molar-refractivity contribution in [3.63, 3.8) is 0 Å². The first kappa shape index (κ1) is 22.4. The Balaban J connectivity index is 1.94. The predicted octanol–water partition coefficient (Wildman–Crippen LogP) is 0.387. The molecule has 10 heteroatoms. The minimum atomic E-state index is -1.59. The standard InChI is InChI=1S/C20H27FN2O7/c1-9(2)23-10(3)13(6-11-4-5-12(25)7-14(11)21)19(22-23)30-20-18(28)17(27)16(26)15(8-24)29-20/h4-5,7,9,15-18,20,24-28H,6,8H2,1-3H3/t15-,16-,17+,18-,20?/m1/s1. The van der Waals surface area contributed by atoms with Gasteiger partial charge in [-0.15, -0.1) is 5.10 Å². The first-order chi connectivity index (χ1) is 14.1. The zero-order chi connectivity index (χ0) is 22.2. The van der Waals surface area contributed by atoms with Gasteiger partial charge in [0.15, 0.2) is 0 Å². The summed E-state index contributed by atoms with van der Waals surface area (Å²) in [4.78, 5) is 0. The Morgan fingerprint density at radius 2 is 1.90 bits per heavy atom. The predicted molar refractivity (Wildman–Crippen MR) is 103 cm³/mol. The van der Waals surface area contributed by atoms with Crippen molar-refractivity contribution in [1.82, 2.24) is 9.78 Å². The molecule has 166 valence electrons. The lowest BCUT2D eigenvalue weighted by Gasteiger charge is -2.39. The van der Waals surface area contributed by atoms with E-state index in [9.17, 15) is 29.9 Å². The van der Waals surface area contributed by atoms with E-state index >= 15 is 0 Å². The van der Waals surface area contributed by atoms with Crippen LogP contribution in [0.5, 0.6) is 11.6 Å². The van der Waals surface area contributed by atoms with Gasteiger partial charge in [-0.1, -0.05) is 6.07 Å². The van der Waals surface area contributed by atoms with Crippen molar-refractivity contribution in [2.24, 2.45) is 0 Å². The maximum absolute atomic E-state index is 14.3. The number of ether oxygens (including phenoxy) is 2. The zero-order valence-corrected chi connectivity index (χ0v) is 16.9. The van der Waals surface area contributed by atoms with Gasteiger partial charge in [0, 0.05) is 29.8 Å². The molecular formula is C20H27FN2O7. The summed E-state index contributed by atoms with van der Waals surface area (Å²) in [7, 11) is 0. The lowest BCUT2D eigenvalue weighted by molar-refractivity contribution is -0.278. The number of aromatic hydroxyl groups is 1. The SMILES string of the molecule is Cc1c(Cc2ccc(O)cc2F)c(OC2O[C@H](CO)[C@@H](O)[C@H](O)[C@H]2O)nn1C(C)C. The molecule has 0 spiro atoms. The Bertz CT molecular complexity index is 886. The Labute approximate surface area is 172 Å². The third-order valence-electron chi connectivity index (χ3n) is 5.21. The van der Waals surface area contributed by atoms with E-state index in [0.29, 0.717) is 16.8 Å². The molecular weight excluding hydrogens is 399 g/mol. The smallest absolute Gasteiger partial charge is 0.239 e. The van der Waals surface area contributed by atoms with Crippen molar-refractivity contribution >= 4 is 0 Å². The Morgan fingerprint density at radius 3 is 2.50 bits per heavy atom. The van der Waals surface area contributed by atoms with Gasteiger partial charge in [-0.2, -0.15) is 0 Å². The second-order valence-electron chi connectivity index (χ2n) is 7.68. The summed E-state index contributed by atoms with van der Waals surface area (Å²) in [5.41, 5.74) is 1.54. The molecule has 1 aromatic heterocycles. The molecule has 0 saturated carbocycles. The Hall–Kier alpha value is -2.24. The summed E-state index contributed by atoms with van der Waals surface area (Å²) in [6.45, 7) is 5.02. The molecule has 1 aromatic carbocycles. The van der Waals surface area contributed by atoms with Crippen LogP contribution in [0.3, 0.4) is 0 Å². The van der Waals surface area contributed by atoms with Crippen molar-refractivity contribution in [1.29, 1.82) is 0 Å². The molecule has 1 aliphatic heterocycles. The van der Waals surface area contributed by atoms with Crippen molar-refractivity contribution in [2.75, 3.05) is 6.61 Å². The van der Waals surface area contributed by atoms with E-state index < -0.39 is 43.1 Å². The normalized spacial score (nSPS) is 26.9. The van der Waals surface area contributed by atoms with Gasteiger partial charge in [0.05, 0.1) is 6.61 Å². The fourth-order valence-corrected chi connectivity index (χ4v) is 3.47. The van der Waals surface area contributed by atoms with Gasteiger partial charge in [0.1, 0.15) is 36.0 Å². The molecule has 5 atom stereocenters. The van der Waals surface area contributed by atoms with Crippen LogP contribution in [-0.2, 0) is 11.2 Å². The van der Waals surface area contributed by atoms with Crippen LogP contribution in [0.15, 0.2) is 18.2 Å². The monoisotopic (exact) mass is 426 g/mol. The van der Waals surface area contributed by atoms with E-state index in [1.807, 2.05) is 13.8 Å². The molecule has 2 aromatic rings. The van der Waals surface area contributed by atoms with E-state index in [-0.39, 0.29) is 24.1 Å². The first-order valence-electron chi connectivity index (χ1n) is 9.66. The summed E-state index contributed by atoms with van der Waals surface area (Å²) < 4.78 is 27.1. The molecule has 1 aliphatic rings. The van der Waals surface area contributed by atoms with Crippen LogP contribution in [0.25, 0.3) is 0 Å². The van der Waals surface area contributed by atoms with Gasteiger partial charge in [-0.3, -0.25) is 4.68 Å². The molecule has 1 unspecified atom stereocenters. The first-order valence-corrected chi connectivity index (χ1v) is 9.66. The number of hydrogen-bond acceptors (Lipinski definition) is 8. The van der Waals surface area contributed by atoms with E-state index in [0.717, 1.165) is 6.07 Å². The van der Waals surface area contributed by atoms with Crippen LogP contribution in [-0.4, -0.2) is 72.6 Å². The molecule has 2 heterocycles. The number of aliphatic hydroxyl groups is 4. The number of nitrogens with zero attached hydrogens (tertiary/aromatic N) is 2. The highest BCUT2D eigenvalue weighted by atomic mass is 19.1. The topological polar surface area (TPSA) is 137 Å². The highest BCUT2D eigenvalue weighted by molar-refractivity contribution is 5.38. The van der Waals surface area contributed by atoms with Crippen molar-refractivity contribution < 1.29 is 39.4 Å². The highest BCUT2D eigenvalue weighted by Gasteiger charge is 2.45. The van der Waals surface area contributed by atoms with Crippen LogP contribution in [0.4, 0.5) is 4.39 Å². The molecule has 0 bridgehead atoms. The largest absolute Gasteiger partial charge is 0.508 e. The lowest BCUT2D eigenvalue weighted by Crippen LogP contribution is -2.60. The van der Waals surface area contributed by atoms with E-state index in [1.54, 1.807) is 11.6 Å². The molecule has 1 saturated heterocycles. The number of rotatable bonds is 6. The maximum Gasteiger partial charge on any atom is 0.239 e. The van der Waals surface area contributed by atoms with E-state index in [2.05, 4.69) is 5.10 Å². The quantitative estimate of drug-likeness (QED) is 0.447. The molecule has 0 aliphatic carbocycles. The highest BCUT2D eigenvalue weighted by Crippen LogP contribution is 2.31. The van der Waals surface area contributed by atoms with Crippen LogP contribution < -0.4 is 4.74 Å². The summed E-state index contributed by atoms with van der Waals surface area (Å²) in [6, 6.07) is 3.80. The second-order valence-corrected chi connectivity index (χ2v) is 7.68. The average molecular weight is 426 g/mol. The van der Waals surface area contributed by atoms with Crippen LogP contribution in [0, 0.1) is 12.7 Å². The molecule has 30 heavy (non-hydrogen) atoms. The fraction of sp³-hybridized carbons (Fsp3) is 0.550. The minimum absolute atomic E-state index is 0.0411. The number of benzene rings is 1. The molecule has 0 radical (unpaired) electrons. The van der Waals surface area contributed by atoms with Crippen LogP contribution in [0.1, 0.15) is 36.7 Å². The molecule has 9 nitrogen and oxygen atoms in total. The van der Waals surface area contributed by atoms with Crippen molar-refractivity contribution in [3.8, 4) is 11.6 Å². The van der Waals surface area contributed by atoms with Crippen molar-refractivity contribution in [3.05, 3.63) is 40.8 Å². The van der Waals surface area contributed by atoms with Crippen LogP contribution >= 0.6 is 0 Å². The van der Waals surface area contributed by atoms with Gasteiger partial charge in [-0.25, -0.2) is 4.39 Å². The lowest BCUT2D eigenvalue weighted by atomic mass is 9.99. The maximum atomic E-state index is 14.3. The molecule has 0 amide bonds. The molecule has 1 fully saturated rings. The van der Waals surface area contributed by atoms with Gasteiger partial charge in [0.2, 0.25) is 12.2 Å². The third kappa shape index (κ3) is 4.28. The summed E-state index contributed by atoms with van der Waals surface area (Å²) in [6.07, 6.45) is -7.13. The number of halogens is 1. The summed E-state index contributed by atoms with van der Waals surface area (Å²) >= 11 is 0. The Kier molecular flexibility index (Phi) is 6.63. The minimum Gasteiger partial charge on any atom is -0.508 e. The number of phenols is 1. The Morgan fingerprint density at radius 1 is 1.20 bits per heavy atom.